The molecule has 0 aliphatic carbocycles. The Morgan fingerprint density at radius 1 is 1.31 bits per heavy atom. The van der Waals surface area contributed by atoms with E-state index in [-0.39, 0.29) is 0 Å². The van der Waals surface area contributed by atoms with Crippen LogP contribution in [0.15, 0.2) is 18.2 Å². The van der Waals surface area contributed by atoms with Crippen molar-refractivity contribution >= 4 is 28.9 Å². The fourth-order valence-corrected chi connectivity index (χ4v) is 2.18. The van der Waals surface area contributed by atoms with E-state index in [1.165, 1.54) is 12.8 Å². The summed E-state index contributed by atoms with van der Waals surface area (Å²) < 4.78 is 5.63. The number of benzene rings is 1. The van der Waals surface area contributed by atoms with Crippen LogP contribution in [0.2, 0.25) is 10.0 Å². The number of nitrogens with one attached hydrogen (secondary N) is 1. The average Bonchev–Trinajstić information content (AvgIpc) is 2.32. The smallest absolute Gasteiger partial charge is 0.0747 e. The second kappa shape index (κ2) is 5.76. The maximum Gasteiger partial charge on any atom is 0.0747 e. The Kier molecular flexibility index (Phi) is 4.33. The molecule has 0 amide bonds. The van der Waals surface area contributed by atoms with E-state index in [0.717, 1.165) is 25.3 Å². The molecule has 1 aliphatic heterocycles. The Balaban J connectivity index is 1.90. The van der Waals surface area contributed by atoms with Crippen LogP contribution >= 0.6 is 23.2 Å². The van der Waals surface area contributed by atoms with E-state index in [9.17, 15) is 0 Å². The molecule has 0 radical (unpaired) electrons. The van der Waals surface area contributed by atoms with Gasteiger partial charge in [-0.2, -0.15) is 0 Å². The first-order valence-corrected chi connectivity index (χ1v) is 6.32. The third-order valence-electron chi connectivity index (χ3n) is 2.72. The number of halogens is 2. The molecule has 16 heavy (non-hydrogen) atoms. The zero-order valence-electron chi connectivity index (χ0n) is 9.01. The number of anilines is 1. The summed E-state index contributed by atoms with van der Waals surface area (Å²) in [5.74, 6) is 0. The Morgan fingerprint density at radius 3 is 2.94 bits per heavy atom. The fraction of sp³-hybridized carbons (Fsp3) is 0.500. The average molecular weight is 260 g/mol. The van der Waals surface area contributed by atoms with Crippen molar-refractivity contribution in [1.29, 1.82) is 0 Å². The summed E-state index contributed by atoms with van der Waals surface area (Å²) in [6, 6.07) is 5.42. The van der Waals surface area contributed by atoms with Gasteiger partial charge in [0.05, 0.1) is 16.8 Å². The second-order valence-electron chi connectivity index (χ2n) is 3.99. The summed E-state index contributed by atoms with van der Waals surface area (Å²) in [7, 11) is 0. The molecule has 88 valence electrons. The van der Waals surface area contributed by atoms with Crippen molar-refractivity contribution in [3.8, 4) is 0 Å². The topological polar surface area (TPSA) is 21.3 Å². The number of ether oxygens (including phenoxy) is 1. The minimum atomic E-state index is 0.295. The van der Waals surface area contributed by atoms with Crippen molar-refractivity contribution < 1.29 is 4.74 Å². The van der Waals surface area contributed by atoms with E-state index in [1.54, 1.807) is 12.1 Å². The van der Waals surface area contributed by atoms with Gasteiger partial charge in [-0.05, 0) is 37.5 Å². The lowest BCUT2D eigenvalue weighted by atomic mass is 10.1. The van der Waals surface area contributed by atoms with Gasteiger partial charge in [0.15, 0.2) is 0 Å². The van der Waals surface area contributed by atoms with Gasteiger partial charge in [-0.25, -0.2) is 0 Å². The van der Waals surface area contributed by atoms with Crippen molar-refractivity contribution in [2.24, 2.45) is 0 Å². The molecule has 1 saturated heterocycles. The molecule has 0 bridgehead atoms. The first-order valence-electron chi connectivity index (χ1n) is 5.56. The minimum absolute atomic E-state index is 0.295. The summed E-state index contributed by atoms with van der Waals surface area (Å²) in [5, 5.41) is 4.67. The third kappa shape index (κ3) is 3.27. The lowest BCUT2D eigenvalue weighted by Gasteiger charge is -2.23. The van der Waals surface area contributed by atoms with Gasteiger partial charge in [0.25, 0.3) is 0 Å². The Bertz CT molecular complexity index is 351. The zero-order valence-corrected chi connectivity index (χ0v) is 10.5. The molecule has 2 rings (SSSR count). The largest absolute Gasteiger partial charge is 0.381 e. The van der Waals surface area contributed by atoms with Crippen LogP contribution in [0.25, 0.3) is 0 Å². The molecular formula is C12H15Cl2NO. The third-order valence-corrected chi connectivity index (χ3v) is 3.29. The highest BCUT2D eigenvalue weighted by Gasteiger charge is 2.13. The molecule has 2 nitrogen and oxygen atoms in total. The number of hydrogen-bond acceptors (Lipinski definition) is 2. The summed E-state index contributed by atoms with van der Waals surface area (Å²) >= 11 is 12.0. The number of hydrogen-bond donors (Lipinski definition) is 1. The van der Waals surface area contributed by atoms with Crippen LogP contribution in [0.4, 0.5) is 5.69 Å². The molecule has 1 N–H and O–H groups in total. The predicted octanol–water partition coefficient (Wildman–Crippen LogP) is 3.97. The normalized spacial score (nSPS) is 20.8. The molecule has 1 unspecified atom stereocenters. The highest BCUT2D eigenvalue weighted by molar-refractivity contribution is 6.35. The molecule has 1 aromatic carbocycles. The monoisotopic (exact) mass is 259 g/mol. The van der Waals surface area contributed by atoms with E-state index in [4.69, 9.17) is 27.9 Å². The maximum atomic E-state index is 6.05. The quantitative estimate of drug-likeness (QED) is 0.887. The van der Waals surface area contributed by atoms with Crippen LogP contribution in [0.5, 0.6) is 0 Å². The first-order chi connectivity index (χ1) is 7.75. The summed E-state index contributed by atoms with van der Waals surface area (Å²) in [6.45, 7) is 1.66. The SMILES string of the molecule is Clc1ccc(Cl)c(NCC2CCCCO2)c1. The van der Waals surface area contributed by atoms with Gasteiger partial charge in [0.2, 0.25) is 0 Å². The van der Waals surface area contributed by atoms with E-state index >= 15 is 0 Å². The standard InChI is InChI=1S/C12H15Cl2NO/c13-9-4-5-11(14)12(7-9)15-8-10-3-1-2-6-16-10/h4-5,7,10,15H,1-3,6,8H2. The molecule has 4 heteroatoms. The molecular weight excluding hydrogens is 245 g/mol. The molecule has 1 fully saturated rings. The Labute approximate surface area is 106 Å². The van der Waals surface area contributed by atoms with Gasteiger partial charge < -0.3 is 10.1 Å². The van der Waals surface area contributed by atoms with E-state index in [1.807, 2.05) is 6.07 Å². The van der Waals surface area contributed by atoms with Crippen LogP contribution in [-0.4, -0.2) is 19.3 Å². The van der Waals surface area contributed by atoms with Crippen molar-refractivity contribution in [3.63, 3.8) is 0 Å². The predicted molar refractivity (Wildman–Crippen MR) is 68.5 cm³/mol. The van der Waals surface area contributed by atoms with Crippen molar-refractivity contribution in [2.75, 3.05) is 18.5 Å². The maximum absolute atomic E-state index is 6.05. The molecule has 0 spiro atoms. The van der Waals surface area contributed by atoms with Crippen molar-refractivity contribution in [3.05, 3.63) is 28.2 Å². The van der Waals surface area contributed by atoms with E-state index < -0.39 is 0 Å². The minimum Gasteiger partial charge on any atom is -0.381 e. The Hall–Kier alpha value is -0.440. The Morgan fingerprint density at radius 2 is 2.19 bits per heavy atom. The van der Waals surface area contributed by atoms with Gasteiger partial charge in [-0.3, -0.25) is 0 Å². The second-order valence-corrected chi connectivity index (χ2v) is 4.84. The van der Waals surface area contributed by atoms with Crippen LogP contribution in [0.1, 0.15) is 19.3 Å². The lowest BCUT2D eigenvalue weighted by Crippen LogP contribution is -2.27. The van der Waals surface area contributed by atoms with Crippen LogP contribution < -0.4 is 5.32 Å². The van der Waals surface area contributed by atoms with Gasteiger partial charge >= 0.3 is 0 Å². The molecule has 1 aromatic rings. The number of rotatable bonds is 3. The van der Waals surface area contributed by atoms with Crippen LogP contribution in [0.3, 0.4) is 0 Å². The molecule has 1 aliphatic rings. The highest BCUT2D eigenvalue weighted by Crippen LogP contribution is 2.25. The molecule has 1 heterocycles. The highest BCUT2D eigenvalue weighted by atomic mass is 35.5. The van der Waals surface area contributed by atoms with Gasteiger partial charge in [-0.15, -0.1) is 0 Å². The van der Waals surface area contributed by atoms with Crippen molar-refractivity contribution in [1.82, 2.24) is 0 Å². The van der Waals surface area contributed by atoms with E-state index in [0.29, 0.717) is 16.1 Å². The molecule has 0 saturated carbocycles. The summed E-state index contributed by atoms with van der Waals surface area (Å²) in [6.07, 6.45) is 3.83. The van der Waals surface area contributed by atoms with E-state index in [2.05, 4.69) is 5.32 Å². The summed E-state index contributed by atoms with van der Waals surface area (Å²) in [4.78, 5) is 0. The summed E-state index contributed by atoms with van der Waals surface area (Å²) in [5.41, 5.74) is 0.878. The fourth-order valence-electron chi connectivity index (χ4n) is 1.83. The molecule has 0 aromatic heterocycles. The van der Waals surface area contributed by atoms with Gasteiger partial charge in [0.1, 0.15) is 0 Å². The molecule has 1 atom stereocenters. The van der Waals surface area contributed by atoms with Gasteiger partial charge in [-0.1, -0.05) is 23.2 Å². The zero-order chi connectivity index (χ0) is 11.4. The van der Waals surface area contributed by atoms with Crippen LogP contribution in [0, 0.1) is 0 Å². The lowest BCUT2D eigenvalue weighted by molar-refractivity contribution is 0.0247. The van der Waals surface area contributed by atoms with Gasteiger partial charge in [0, 0.05) is 18.2 Å². The van der Waals surface area contributed by atoms with Crippen molar-refractivity contribution in [2.45, 2.75) is 25.4 Å². The first kappa shape index (κ1) is 12.0. The van der Waals surface area contributed by atoms with Crippen LogP contribution in [-0.2, 0) is 4.74 Å².